The summed E-state index contributed by atoms with van der Waals surface area (Å²) in [5, 5.41) is 3.50. The maximum Gasteiger partial charge on any atom is 0.120 e. The van der Waals surface area contributed by atoms with Crippen LogP contribution in [0.25, 0.3) is 0 Å². The van der Waals surface area contributed by atoms with Gasteiger partial charge in [-0.05, 0) is 50.1 Å². The number of hydrogen-bond acceptors (Lipinski definition) is 2. The van der Waals surface area contributed by atoms with E-state index in [1.54, 1.807) is 0 Å². The van der Waals surface area contributed by atoms with Gasteiger partial charge in [-0.1, -0.05) is 46.3 Å². The predicted molar refractivity (Wildman–Crippen MR) is 91.5 cm³/mol. The summed E-state index contributed by atoms with van der Waals surface area (Å²) < 4.78 is 6.85. The number of rotatable bonds is 5. The van der Waals surface area contributed by atoms with Crippen LogP contribution in [-0.2, 0) is 13.2 Å². The maximum absolute atomic E-state index is 5.82. The van der Waals surface area contributed by atoms with E-state index in [1.807, 2.05) is 24.3 Å². The first-order chi connectivity index (χ1) is 9.92. The average molecular weight is 348 g/mol. The second-order valence-electron chi connectivity index (χ2n) is 6.17. The van der Waals surface area contributed by atoms with E-state index in [9.17, 15) is 0 Å². The van der Waals surface area contributed by atoms with Crippen LogP contribution in [0, 0.1) is 0 Å². The van der Waals surface area contributed by atoms with E-state index in [2.05, 4.69) is 66.3 Å². The van der Waals surface area contributed by atoms with E-state index in [1.165, 1.54) is 11.1 Å². The van der Waals surface area contributed by atoms with Gasteiger partial charge in [0.1, 0.15) is 12.4 Å². The highest BCUT2D eigenvalue weighted by atomic mass is 79.9. The highest BCUT2D eigenvalue weighted by Crippen LogP contribution is 2.19. The van der Waals surface area contributed by atoms with Gasteiger partial charge in [0.2, 0.25) is 0 Å². The monoisotopic (exact) mass is 347 g/mol. The first-order valence-corrected chi connectivity index (χ1v) is 7.93. The average Bonchev–Trinajstić information content (AvgIpc) is 2.43. The van der Waals surface area contributed by atoms with Gasteiger partial charge in [-0.15, -0.1) is 0 Å². The maximum atomic E-state index is 5.82. The van der Waals surface area contributed by atoms with Crippen LogP contribution in [0.2, 0.25) is 0 Å². The molecule has 2 aromatic rings. The molecule has 0 aliphatic rings. The molecule has 0 unspecified atom stereocenters. The lowest BCUT2D eigenvalue weighted by molar-refractivity contribution is 0.306. The first-order valence-electron chi connectivity index (χ1n) is 7.14. The van der Waals surface area contributed by atoms with Gasteiger partial charge in [0, 0.05) is 16.6 Å². The summed E-state index contributed by atoms with van der Waals surface area (Å²) in [4.78, 5) is 0. The number of benzene rings is 2. The number of hydrogen-bond donors (Lipinski definition) is 1. The lowest BCUT2D eigenvalue weighted by atomic mass is 10.1. The molecule has 0 amide bonds. The molecule has 112 valence electrons. The number of ether oxygens (including phenoxy) is 1. The van der Waals surface area contributed by atoms with Crippen molar-refractivity contribution in [1.29, 1.82) is 0 Å². The van der Waals surface area contributed by atoms with E-state index >= 15 is 0 Å². The summed E-state index contributed by atoms with van der Waals surface area (Å²) in [6, 6.07) is 16.4. The predicted octanol–water partition coefficient (Wildman–Crippen LogP) is 4.92. The van der Waals surface area contributed by atoms with Crippen molar-refractivity contribution in [3.8, 4) is 5.75 Å². The molecule has 2 aromatic carbocycles. The Kier molecular flexibility index (Phi) is 5.43. The van der Waals surface area contributed by atoms with E-state index in [0.29, 0.717) is 6.61 Å². The zero-order chi connectivity index (χ0) is 15.3. The molecule has 0 aliphatic carbocycles. The minimum Gasteiger partial charge on any atom is -0.489 e. The van der Waals surface area contributed by atoms with Gasteiger partial charge >= 0.3 is 0 Å². The Morgan fingerprint density at radius 3 is 2.43 bits per heavy atom. The van der Waals surface area contributed by atoms with Crippen molar-refractivity contribution in [1.82, 2.24) is 5.32 Å². The molecular weight excluding hydrogens is 326 g/mol. The summed E-state index contributed by atoms with van der Waals surface area (Å²) in [5.74, 6) is 0.877. The Morgan fingerprint density at radius 2 is 1.71 bits per heavy atom. The van der Waals surface area contributed by atoms with Crippen LogP contribution >= 0.6 is 15.9 Å². The summed E-state index contributed by atoms with van der Waals surface area (Å²) >= 11 is 3.45. The molecule has 0 saturated carbocycles. The molecule has 0 heterocycles. The van der Waals surface area contributed by atoms with E-state index < -0.39 is 0 Å². The third-order valence-corrected chi connectivity index (χ3v) is 3.51. The van der Waals surface area contributed by atoms with Crippen molar-refractivity contribution < 1.29 is 4.74 Å². The molecule has 0 bridgehead atoms. The molecule has 21 heavy (non-hydrogen) atoms. The van der Waals surface area contributed by atoms with Crippen LogP contribution in [-0.4, -0.2) is 5.54 Å². The largest absolute Gasteiger partial charge is 0.489 e. The molecule has 3 heteroatoms. The molecule has 2 rings (SSSR count). The Morgan fingerprint density at radius 1 is 1.00 bits per heavy atom. The summed E-state index contributed by atoms with van der Waals surface area (Å²) in [6.45, 7) is 7.97. The van der Waals surface area contributed by atoms with Crippen molar-refractivity contribution in [3.05, 3.63) is 64.1 Å². The Labute approximate surface area is 135 Å². The molecule has 0 atom stereocenters. The highest BCUT2D eigenvalue weighted by molar-refractivity contribution is 9.10. The standard InChI is InChI=1S/C18H22BrNO/c1-18(2,3)20-12-14-6-4-7-15(10-14)13-21-17-9-5-8-16(19)11-17/h4-11,20H,12-13H2,1-3H3. The van der Waals surface area contributed by atoms with Crippen molar-refractivity contribution in [2.24, 2.45) is 0 Å². The van der Waals surface area contributed by atoms with Crippen LogP contribution in [0.15, 0.2) is 53.0 Å². The minimum atomic E-state index is 0.128. The number of halogens is 1. The second kappa shape index (κ2) is 7.10. The van der Waals surface area contributed by atoms with Crippen LogP contribution in [0.1, 0.15) is 31.9 Å². The molecular formula is C18H22BrNO. The van der Waals surface area contributed by atoms with E-state index in [4.69, 9.17) is 4.74 Å². The van der Waals surface area contributed by atoms with Crippen molar-refractivity contribution in [2.45, 2.75) is 39.5 Å². The lowest BCUT2D eigenvalue weighted by Crippen LogP contribution is -2.35. The topological polar surface area (TPSA) is 21.3 Å². The molecule has 0 aromatic heterocycles. The van der Waals surface area contributed by atoms with Gasteiger partial charge in [0.15, 0.2) is 0 Å². The second-order valence-corrected chi connectivity index (χ2v) is 7.09. The smallest absolute Gasteiger partial charge is 0.120 e. The highest BCUT2D eigenvalue weighted by Gasteiger charge is 2.08. The zero-order valence-corrected chi connectivity index (χ0v) is 14.4. The summed E-state index contributed by atoms with van der Waals surface area (Å²) in [5.41, 5.74) is 2.59. The molecule has 0 saturated heterocycles. The molecule has 0 spiro atoms. The summed E-state index contributed by atoms with van der Waals surface area (Å²) in [7, 11) is 0. The SMILES string of the molecule is CC(C)(C)NCc1cccc(COc2cccc(Br)c2)c1. The summed E-state index contributed by atoms with van der Waals surface area (Å²) in [6.07, 6.45) is 0. The Bertz CT molecular complexity index is 590. The molecule has 0 aliphatic heterocycles. The fourth-order valence-electron chi connectivity index (χ4n) is 1.92. The van der Waals surface area contributed by atoms with Crippen LogP contribution in [0.3, 0.4) is 0 Å². The zero-order valence-electron chi connectivity index (χ0n) is 12.8. The van der Waals surface area contributed by atoms with Crippen molar-refractivity contribution >= 4 is 15.9 Å². The molecule has 1 N–H and O–H groups in total. The van der Waals surface area contributed by atoms with Crippen LogP contribution in [0.4, 0.5) is 0 Å². The lowest BCUT2D eigenvalue weighted by Gasteiger charge is -2.20. The van der Waals surface area contributed by atoms with Gasteiger partial charge in [0.05, 0.1) is 0 Å². The number of nitrogens with one attached hydrogen (secondary N) is 1. The third kappa shape index (κ3) is 5.90. The third-order valence-electron chi connectivity index (χ3n) is 3.02. The molecule has 0 fully saturated rings. The van der Waals surface area contributed by atoms with Gasteiger partial charge < -0.3 is 10.1 Å². The minimum absolute atomic E-state index is 0.128. The van der Waals surface area contributed by atoms with Gasteiger partial charge in [-0.3, -0.25) is 0 Å². The normalized spacial score (nSPS) is 11.4. The Balaban J connectivity index is 1.95. The Hall–Kier alpha value is -1.32. The van der Waals surface area contributed by atoms with Gasteiger partial charge in [0.25, 0.3) is 0 Å². The first kappa shape index (κ1) is 16.1. The van der Waals surface area contributed by atoms with Crippen molar-refractivity contribution in [2.75, 3.05) is 0 Å². The van der Waals surface area contributed by atoms with Crippen LogP contribution < -0.4 is 10.1 Å². The quantitative estimate of drug-likeness (QED) is 0.828. The van der Waals surface area contributed by atoms with E-state index in [-0.39, 0.29) is 5.54 Å². The van der Waals surface area contributed by atoms with Crippen molar-refractivity contribution in [3.63, 3.8) is 0 Å². The van der Waals surface area contributed by atoms with Gasteiger partial charge in [-0.25, -0.2) is 0 Å². The molecule has 0 radical (unpaired) electrons. The van der Waals surface area contributed by atoms with Crippen LogP contribution in [0.5, 0.6) is 5.75 Å². The fourth-order valence-corrected chi connectivity index (χ4v) is 2.30. The van der Waals surface area contributed by atoms with E-state index in [0.717, 1.165) is 16.8 Å². The fraction of sp³-hybridized carbons (Fsp3) is 0.333. The van der Waals surface area contributed by atoms with Gasteiger partial charge in [-0.2, -0.15) is 0 Å². The molecule has 2 nitrogen and oxygen atoms in total.